The number of benzene rings is 4. The lowest BCUT2D eigenvalue weighted by Gasteiger charge is -2.15. The van der Waals surface area contributed by atoms with Crippen LogP contribution in [-0.2, 0) is 24.4 Å². The van der Waals surface area contributed by atoms with Gasteiger partial charge in [0.05, 0.1) is 15.8 Å². The van der Waals surface area contributed by atoms with Gasteiger partial charge >= 0.3 is 0 Å². The highest BCUT2D eigenvalue weighted by atomic mass is 32.2. The predicted octanol–water partition coefficient (Wildman–Crippen LogP) is 4.31. The van der Waals surface area contributed by atoms with Gasteiger partial charge in [-0.05, 0) is 72.8 Å². The van der Waals surface area contributed by atoms with Crippen LogP contribution in [0.1, 0.15) is 22.3 Å². The normalized spacial score (nSPS) is 15.2. The lowest BCUT2D eigenvalue weighted by Crippen LogP contribution is -2.31. The lowest BCUT2D eigenvalue weighted by molar-refractivity contribution is -0.121. The third-order valence-electron chi connectivity index (χ3n) is 6.65. The summed E-state index contributed by atoms with van der Waals surface area (Å²) >= 11 is 1.16. The Morgan fingerprint density at radius 1 is 0.889 bits per heavy atom. The molecule has 4 amide bonds. The Bertz CT molecular complexity index is 1920. The molecule has 1 aliphatic rings. The van der Waals surface area contributed by atoms with Gasteiger partial charge in [0.2, 0.25) is 21.8 Å². The molecule has 0 radical (unpaired) electrons. The summed E-state index contributed by atoms with van der Waals surface area (Å²) in [6.07, 6.45) is 1.18. The molecular weight excluding hydrogens is 620 g/mol. The summed E-state index contributed by atoms with van der Waals surface area (Å²) in [5.41, 5.74) is 0.832. The fraction of sp³-hybridized carbons (Fsp3) is 0.0625. The number of nitrogens with one attached hydrogen (secondary N) is 2. The van der Waals surface area contributed by atoms with Crippen molar-refractivity contribution in [3.63, 3.8) is 0 Å². The molecule has 4 aromatic carbocycles. The molecule has 4 aromatic rings. The van der Waals surface area contributed by atoms with Crippen LogP contribution in [0.15, 0.2) is 119 Å². The number of hydrogen-bond acceptors (Lipinski definition) is 7. The maximum absolute atomic E-state index is 14.4. The molecule has 0 spiro atoms. The van der Waals surface area contributed by atoms with E-state index in [0.717, 1.165) is 16.7 Å². The largest absolute Gasteiger partial charge is 0.321 e. The molecule has 1 aliphatic heterocycles. The lowest BCUT2D eigenvalue weighted by atomic mass is 10.1. The van der Waals surface area contributed by atoms with Crippen molar-refractivity contribution in [2.75, 3.05) is 10.2 Å². The van der Waals surface area contributed by atoms with Gasteiger partial charge in [0, 0.05) is 28.1 Å². The van der Waals surface area contributed by atoms with E-state index < -0.39 is 44.7 Å². The van der Waals surface area contributed by atoms with E-state index in [1.54, 1.807) is 60.7 Å². The number of sulfonamides is 1. The summed E-state index contributed by atoms with van der Waals surface area (Å²) in [4.78, 5) is 53.3. The zero-order valence-electron chi connectivity index (χ0n) is 23.3. The Balaban J connectivity index is 1.27. The highest BCUT2D eigenvalue weighted by molar-refractivity contribution is 8.00. The standard InChI is InChI=1S/C32H25FN4O6S2/c33-26-9-5-4-8-21(26)18-27(36-30(39)20-6-2-1-3-7-20)31(40)35-22-10-14-24(15-11-22)44-28-19-29(38)37(32(28)41)23-12-16-25(17-13-23)45(34,42)43/h1-18,28H,19H2,(H,35,40)(H,36,39)(H2,34,42,43)/b27-18-. The Hall–Kier alpha value is -5.11. The molecule has 0 aliphatic carbocycles. The van der Waals surface area contributed by atoms with Crippen molar-refractivity contribution < 1.29 is 32.0 Å². The second kappa shape index (κ2) is 13.3. The molecule has 13 heteroatoms. The van der Waals surface area contributed by atoms with Crippen LogP contribution in [0.2, 0.25) is 0 Å². The summed E-state index contributed by atoms with van der Waals surface area (Å²) in [7, 11) is -3.93. The van der Waals surface area contributed by atoms with Crippen molar-refractivity contribution in [2.24, 2.45) is 5.14 Å². The van der Waals surface area contributed by atoms with Crippen LogP contribution in [0.25, 0.3) is 6.08 Å². The molecule has 0 aromatic heterocycles. The number of thioether (sulfide) groups is 1. The number of nitrogens with two attached hydrogens (primary N) is 1. The van der Waals surface area contributed by atoms with E-state index in [4.69, 9.17) is 5.14 Å². The predicted molar refractivity (Wildman–Crippen MR) is 168 cm³/mol. The van der Waals surface area contributed by atoms with E-state index in [1.807, 2.05) is 0 Å². The van der Waals surface area contributed by atoms with Gasteiger partial charge in [0.15, 0.2) is 0 Å². The van der Waals surface area contributed by atoms with Crippen LogP contribution in [0.3, 0.4) is 0 Å². The minimum absolute atomic E-state index is 0.0652. The first kappa shape index (κ1) is 31.3. The van der Waals surface area contributed by atoms with Gasteiger partial charge in [-0.2, -0.15) is 0 Å². The van der Waals surface area contributed by atoms with Crippen LogP contribution in [0, 0.1) is 5.82 Å². The average Bonchev–Trinajstić information content (AvgIpc) is 3.30. The molecule has 1 heterocycles. The zero-order valence-corrected chi connectivity index (χ0v) is 25.0. The van der Waals surface area contributed by atoms with Crippen molar-refractivity contribution >= 4 is 62.9 Å². The van der Waals surface area contributed by atoms with Crippen molar-refractivity contribution in [3.05, 3.63) is 126 Å². The first-order valence-electron chi connectivity index (χ1n) is 13.4. The molecule has 1 fully saturated rings. The summed E-state index contributed by atoms with van der Waals surface area (Å²) in [5, 5.41) is 9.63. The molecule has 1 unspecified atom stereocenters. The number of imide groups is 1. The molecule has 1 atom stereocenters. The molecule has 0 bridgehead atoms. The van der Waals surface area contributed by atoms with E-state index in [0.29, 0.717) is 16.1 Å². The first-order valence-corrected chi connectivity index (χ1v) is 15.8. The number of carbonyl (C=O) groups is 4. The van der Waals surface area contributed by atoms with E-state index >= 15 is 0 Å². The Kier molecular flexibility index (Phi) is 9.23. The van der Waals surface area contributed by atoms with Gasteiger partial charge in [0.1, 0.15) is 11.5 Å². The third kappa shape index (κ3) is 7.52. The van der Waals surface area contributed by atoms with Gasteiger partial charge in [-0.1, -0.05) is 36.4 Å². The van der Waals surface area contributed by atoms with Gasteiger partial charge in [-0.3, -0.25) is 19.2 Å². The number of hydrogen-bond donors (Lipinski definition) is 3. The minimum atomic E-state index is -3.93. The van der Waals surface area contributed by atoms with Crippen LogP contribution < -0.4 is 20.7 Å². The van der Waals surface area contributed by atoms with E-state index in [9.17, 15) is 32.0 Å². The summed E-state index contributed by atoms with van der Waals surface area (Å²) in [6, 6.07) is 25.7. The maximum atomic E-state index is 14.4. The first-order chi connectivity index (χ1) is 21.5. The molecular formula is C32H25FN4O6S2. The van der Waals surface area contributed by atoms with Gasteiger partial charge in [0.25, 0.3) is 11.8 Å². The third-order valence-corrected chi connectivity index (χ3v) is 8.78. The Morgan fingerprint density at radius 2 is 1.53 bits per heavy atom. The maximum Gasteiger partial charge on any atom is 0.272 e. The summed E-state index contributed by atoms with van der Waals surface area (Å²) < 4.78 is 37.4. The Morgan fingerprint density at radius 3 is 2.18 bits per heavy atom. The Labute approximate surface area is 262 Å². The summed E-state index contributed by atoms with van der Waals surface area (Å²) in [6.45, 7) is 0. The van der Waals surface area contributed by atoms with Crippen molar-refractivity contribution in [1.82, 2.24) is 5.32 Å². The quantitative estimate of drug-likeness (QED) is 0.181. The van der Waals surface area contributed by atoms with E-state index in [1.165, 1.54) is 48.5 Å². The van der Waals surface area contributed by atoms with Gasteiger partial charge in [-0.25, -0.2) is 22.8 Å². The van der Waals surface area contributed by atoms with Crippen LogP contribution in [0.5, 0.6) is 0 Å². The van der Waals surface area contributed by atoms with Crippen LogP contribution in [0.4, 0.5) is 15.8 Å². The molecule has 0 saturated carbocycles. The van der Waals surface area contributed by atoms with Crippen LogP contribution >= 0.6 is 11.8 Å². The second-order valence-corrected chi connectivity index (χ2v) is 12.6. The zero-order chi connectivity index (χ0) is 32.1. The molecule has 5 rings (SSSR count). The van der Waals surface area contributed by atoms with Crippen LogP contribution in [-0.4, -0.2) is 37.3 Å². The summed E-state index contributed by atoms with van der Waals surface area (Å²) in [5.74, 6) is -2.70. The number of halogens is 1. The fourth-order valence-electron chi connectivity index (χ4n) is 4.42. The molecule has 1 saturated heterocycles. The molecule has 4 N–H and O–H groups in total. The molecule has 45 heavy (non-hydrogen) atoms. The highest BCUT2D eigenvalue weighted by Gasteiger charge is 2.40. The topological polar surface area (TPSA) is 156 Å². The van der Waals surface area contributed by atoms with Crippen molar-refractivity contribution in [1.29, 1.82) is 0 Å². The highest BCUT2D eigenvalue weighted by Crippen LogP contribution is 2.34. The number of amides is 4. The number of primary sulfonamides is 1. The van der Waals surface area contributed by atoms with E-state index in [-0.39, 0.29) is 28.3 Å². The second-order valence-electron chi connectivity index (χ2n) is 9.80. The van der Waals surface area contributed by atoms with Gasteiger partial charge < -0.3 is 10.6 Å². The number of carbonyl (C=O) groups excluding carboxylic acids is 4. The monoisotopic (exact) mass is 644 g/mol. The van der Waals surface area contributed by atoms with Gasteiger partial charge in [-0.15, -0.1) is 11.8 Å². The van der Waals surface area contributed by atoms with Crippen molar-refractivity contribution in [3.8, 4) is 0 Å². The smallest absolute Gasteiger partial charge is 0.272 e. The molecule has 10 nitrogen and oxygen atoms in total. The number of anilines is 2. The fourth-order valence-corrected chi connectivity index (χ4v) is 5.99. The molecule has 228 valence electrons. The van der Waals surface area contributed by atoms with E-state index in [2.05, 4.69) is 10.6 Å². The SMILES string of the molecule is NS(=O)(=O)c1ccc(N2C(=O)CC(Sc3ccc(NC(=O)/C(=C/c4ccccc4F)NC(=O)c4ccccc4)cc3)C2=O)cc1. The average molecular weight is 645 g/mol. The number of nitrogens with zero attached hydrogens (tertiary/aromatic N) is 1. The van der Waals surface area contributed by atoms with Crippen molar-refractivity contribution in [2.45, 2.75) is 21.5 Å². The minimum Gasteiger partial charge on any atom is -0.321 e. The number of rotatable bonds is 9.